The molecule has 2 aliphatic heterocycles. The van der Waals surface area contributed by atoms with Crippen LogP contribution in [0.5, 0.6) is 0 Å². The third-order valence-corrected chi connectivity index (χ3v) is 8.75. The Morgan fingerprint density at radius 3 is 2.09 bits per heavy atom. The van der Waals surface area contributed by atoms with E-state index >= 15 is 0 Å². The molecule has 1 aliphatic carbocycles. The van der Waals surface area contributed by atoms with E-state index in [0.29, 0.717) is 0 Å². The largest absolute Gasteiger partial charge is 0.394 e. The van der Waals surface area contributed by atoms with E-state index in [0.717, 1.165) is 0 Å². The van der Waals surface area contributed by atoms with Crippen LogP contribution < -0.4 is 39.3 Å². The number of nitrogens with one attached hydrogen (secondary N) is 2. The first-order chi connectivity index (χ1) is 20.4. The summed E-state index contributed by atoms with van der Waals surface area (Å²) in [4.78, 5) is 0. The van der Waals surface area contributed by atoms with Crippen molar-refractivity contribution in [1.82, 2.24) is 10.6 Å². The SMILES string of the molecule is NCCC(O)CNC1C(O)C(O)C(CN)OC1C1C(N)CC(NCC(O)CN)C(OC2OC(CO)C(O)C(N)C2O)C1O. The van der Waals surface area contributed by atoms with Gasteiger partial charge in [-0.25, -0.2) is 0 Å². The predicted octanol–water partition coefficient (Wildman–Crippen LogP) is -8.76. The molecule has 17 atom stereocenters. The Balaban J connectivity index is 1.93. The highest BCUT2D eigenvalue weighted by Gasteiger charge is 2.55. The Bertz CT molecular complexity index is 826. The quantitative estimate of drug-likeness (QED) is 0.0849. The number of nitrogens with two attached hydrogens (primary N) is 5. The second kappa shape index (κ2) is 16.7. The lowest BCUT2D eigenvalue weighted by Crippen LogP contribution is -2.72. The molecule has 0 aromatic carbocycles. The first kappa shape index (κ1) is 36.7. The molecule has 0 radical (unpaired) electrons. The smallest absolute Gasteiger partial charge is 0.186 e. The molecule has 18 heteroatoms. The summed E-state index contributed by atoms with van der Waals surface area (Å²) in [6.07, 6.45) is -14.5. The summed E-state index contributed by atoms with van der Waals surface area (Å²) in [5.74, 6) is -0.962. The van der Waals surface area contributed by atoms with Gasteiger partial charge in [-0.1, -0.05) is 0 Å². The first-order valence-electron chi connectivity index (χ1n) is 14.8. The van der Waals surface area contributed by atoms with Gasteiger partial charge in [-0.05, 0) is 19.4 Å². The minimum Gasteiger partial charge on any atom is -0.394 e. The maximum absolute atomic E-state index is 11.8. The molecule has 3 fully saturated rings. The van der Waals surface area contributed by atoms with Crippen LogP contribution in [0.4, 0.5) is 0 Å². The van der Waals surface area contributed by atoms with Gasteiger partial charge in [-0.15, -0.1) is 0 Å². The summed E-state index contributed by atoms with van der Waals surface area (Å²) in [5.41, 5.74) is 29.5. The summed E-state index contributed by atoms with van der Waals surface area (Å²) in [5, 5.41) is 90.7. The number of ether oxygens (including phenoxy) is 3. The van der Waals surface area contributed by atoms with Gasteiger partial charge >= 0.3 is 0 Å². The van der Waals surface area contributed by atoms with E-state index in [9.17, 15) is 40.9 Å². The number of hydrogen-bond donors (Lipinski definition) is 15. The van der Waals surface area contributed by atoms with E-state index in [1.807, 2.05) is 0 Å². The minimum absolute atomic E-state index is 0.0111. The van der Waals surface area contributed by atoms with Crippen molar-refractivity contribution in [3.05, 3.63) is 0 Å². The molecule has 0 spiro atoms. The van der Waals surface area contributed by atoms with Crippen LogP contribution in [0.2, 0.25) is 0 Å². The molecule has 43 heavy (non-hydrogen) atoms. The van der Waals surface area contributed by atoms with E-state index < -0.39 is 110 Å². The van der Waals surface area contributed by atoms with E-state index in [4.69, 9.17) is 42.9 Å². The van der Waals surface area contributed by atoms with Gasteiger partial charge in [0, 0.05) is 44.2 Å². The third-order valence-electron chi connectivity index (χ3n) is 8.75. The van der Waals surface area contributed by atoms with Crippen molar-refractivity contribution < 1.29 is 55.1 Å². The van der Waals surface area contributed by atoms with Crippen molar-refractivity contribution in [3.63, 3.8) is 0 Å². The lowest BCUT2D eigenvalue weighted by Gasteiger charge is -2.53. The second-order valence-electron chi connectivity index (χ2n) is 11.8. The standard InChI is InChI=1S/C25H53N7O11/c26-2-1-9(34)6-32-17-22(40)19(37)13(5-28)41-24(17)15-11(29)3-12(31-7-10(35)4-27)23(20(15)38)43-25-21(39)16(30)18(36)14(8-33)42-25/h9-25,31-40H,1-8,26-30H2. The van der Waals surface area contributed by atoms with Crippen LogP contribution in [0.1, 0.15) is 12.8 Å². The molecule has 0 bridgehead atoms. The fraction of sp³-hybridized carbons (Fsp3) is 1.00. The Labute approximate surface area is 250 Å². The van der Waals surface area contributed by atoms with Crippen molar-refractivity contribution in [1.29, 1.82) is 0 Å². The minimum atomic E-state index is -1.54. The van der Waals surface area contributed by atoms with Crippen molar-refractivity contribution in [2.24, 2.45) is 34.6 Å². The highest BCUT2D eigenvalue weighted by atomic mass is 16.7. The lowest BCUT2D eigenvalue weighted by atomic mass is 9.71. The van der Waals surface area contributed by atoms with Crippen molar-refractivity contribution in [2.45, 2.75) is 110 Å². The van der Waals surface area contributed by atoms with Crippen LogP contribution in [0.25, 0.3) is 0 Å². The molecule has 254 valence electrons. The molecule has 2 heterocycles. The van der Waals surface area contributed by atoms with Crippen LogP contribution in [0.3, 0.4) is 0 Å². The van der Waals surface area contributed by atoms with E-state index in [-0.39, 0.29) is 45.6 Å². The lowest BCUT2D eigenvalue weighted by molar-refractivity contribution is -0.308. The number of hydrogen-bond acceptors (Lipinski definition) is 18. The third kappa shape index (κ3) is 8.56. The highest BCUT2D eigenvalue weighted by molar-refractivity contribution is 5.08. The molecule has 18 nitrogen and oxygen atoms in total. The summed E-state index contributed by atoms with van der Waals surface area (Å²) in [7, 11) is 0. The normalized spacial score (nSPS) is 45.6. The molecule has 0 aromatic heterocycles. The molecule has 0 amide bonds. The highest BCUT2D eigenvalue weighted by Crippen LogP contribution is 2.37. The molecule has 3 aliphatic rings. The average Bonchev–Trinajstić information content (AvgIpc) is 2.98. The first-order valence-corrected chi connectivity index (χ1v) is 14.8. The topological polar surface area (TPSA) is 344 Å². The Morgan fingerprint density at radius 1 is 0.814 bits per heavy atom. The number of rotatable bonds is 14. The van der Waals surface area contributed by atoms with E-state index in [2.05, 4.69) is 10.6 Å². The van der Waals surface area contributed by atoms with Crippen molar-refractivity contribution >= 4 is 0 Å². The van der Waals surface area contributed by atoms with Gasteiger partial charge in [0.2, 0.25) is 0 Å². The molecular formula is C25H53N7O11. The summed E-state index contributed by atoms with van der Waals surface area (Å²) in [6, 6.07) is -3.77. The fourth-order valence-electron chi connectivity index (χ4n) is 6.18. The van der Waals surface area contributed by atoms with Crippen LogP contribution in [-0.4, -0.2) is 178 Å². The zero-order valence-electron chi connectivity index (χ0n) is 24.2. The van der Waals surface area contributed by atoms with Gasteiger partial charge in [0.1, 0.15) is 36.6 Å². The average molecular weight is 628 g/mol. The van der Waals surface area contributed by atoms with Gasteiger partial charge in [0.15, 0.2) is 6.29 Å². The number of aliphatic hydroxyl groups is 8. The molecular weight excluding hydrogens is 574 g/mol. The molecule has 3 rings (SSSR count). The molecule has 20 N–H and O–H groups in total. The van der Waals surface area contributed by atoms with Crippen LogP contribution in [0, 0.1) is 5.92 Å². The maximum atomic E-state index is 11.8. The fourth-order valence-corrected chi connectivity index (χ4v) is 6.18. The Morgan fingerprint density at radius 2 is 1.49 bits per heavy atom. The van der Waals surface area contributed by atoms with Crippen LogP contribution >= 0.6 is 0 Å². The maximum Gasteiger partial charge on any atom is 0.186 e. The van der Waals surface area contributed by atoms with E-state index in [1.54, 1.807) is 0 Å². The van der Waals surface area contributed by atoms with Gasteiger partial charge in [0.25, 0.3) is 0 Å². The van der Waals surface area contributed by atoms with Crippen LogP contribution in [0.15, 0.2) is 0 Å². The van der Waals surface area contributed by atoms with Crippen molar-refractivity contribution in [3.8, 4) is 0 Å². The molecule has 17 unspecified atom stereocenters. The molecule has 1 saturated carbocycles. The summed E-state index contributed by atoms with van der Waals surface area (Å²) < 4.78 is 17.8. The Kier molecular flexibility index (Phi) is 14.3. The second-order valence-corrected chi connectivity index (χ2v) is 11.8. The molecule has 2 saturated heterocycles. The summed E-state index contributed by atoms with van der Waals surface area (Å²) >= 11 is 0. The molecule has 0 aromatic rings. The monoisotopic (exact) mass is 627 g/mol. The van der Waals surface area contributed by atoms with Gasteiger partial charge < -0.3 is 94.4 Å². The van der Waals surface area contributed by atoms with Crippen molar-refractivity contribution in [2.75, 3.05) is 39.3 Å². The van der Waals surface area contributed by atoms with Gasteiger partial charge in [-0.3, -0.25) is 0 Å². The van der Waals surface area contributed by atoms with E-state index in [1.165, 1.54) is 0 Å². The Hall–Kier alpha value is -0.720. The summed E-state index contributed by atoms with van der Waals surface area (Å²) in [6.45, 7) is -0.590. The van der Waals surface area contributed by atoms with Gasteiger partial charge in [0.05, 0.1) is 49.2 Å². The zero-order chi connectivity index (χ0) is 32.0. The van der Waals surface area contributed by atoms with Crippen LogP contribution in [-0.2, 0) is 14.2 Å². The number of aliphatic hydroxyl groups excluding tert-OH is 8. The predicted molar refractivity (Wildman–Crippen MR) is 151 cm³/mol. The van der Waals surface area contributed by atoms with Gasteiger partial charge in [-0.2, -0.15) is 0 Å². The zero-order valence-corrected chi connectivity index (χ0v) is 24.2.